The average Bonchev–Trinajstić information content (AvgIpc) is 3.04. The van der Waals surface area contributed by atoms with Crippen molar-refractivity contribution in [1.82, 2.24) is 4.90 Å². The van der Waals surface area contributed by atoms with Crippen molar-refractivity contribution in [2.24, 2.45) is 5.92 Å². The number of hydrogen-bond acceptors (Lipinski definition) is 2. The number of aryl methyl sites for hydroxylation is 1. The minimum Gasteiger partial charge on any atom is -0.456 e. The molecule has 1 amide bonds. The van der Waals surface area contributed by atoms with Gasteiger partial charge in [-0.15, -0.1) is 0 Å². The third-order valence-corrected chi connectivity index (χ3v) is 3.46. The number of nitrogens with zero attached hydrogens (tertiary/aromatic N) is 1. The number of amides is 1. The molecule has 88 valence electrons. The van der Waals surface area contributed by atoms with Crippen LogP contribution < -0.4 is 0 Å². The largest absolute Gasteiger partial charge is 0.456 e. The molecule has 1 aromatic rings. The third kappa shape index (κ3) is 2.13. The Morgan fingerprint density at radius 2 is 2.25 bits per heavy atom. The average molecular weight is 221 g/mol. The Hall–Kier alpha value is -1.25. The van der Waals surface area contributed by atoms with Crippen molar-refractivity contribution in [2.45, 2.75) is 39.2 Å². The maximum absolute atomic E-state index is 12.1. The Morgan fingerprint density at radius 1 is 1.56 bits per heavy atom. The highest BCUT2D eigenvalue weighted by atomic mass is 16.4. The van der Waals surface area contributed by atoms with Gasteiger partial charge in [0.15, 0.2) is 5.76 Å². The first-order chi connectivity index (χ1) is 7.63. The van der Waals surface area contributed by atoms with Gasteiger partial charge in [-0.25, -0.2) is 0 Å². The van der Waals surface area contributed by atoms with Crippen molar-refractivity contribution in [1.29, 1.82) is 0 Å². The minimum atomic E-state index is -0.000833. The normalized spacial score (nSPS) is 17.2. The van der Waals surface area contributed by atoms with Gasteiger partial charge in [-0.1, -0.05) is 6.92 Å². The molecule has 1 heterocycles. The SMILES string of the molecule is CCc1ccc(C(=O)N(C)C(C)C2CC2)o1. The fourth-order valence-corrected chi connectivity index (χ4v) is 1.94. The lowest BCUT2D eigenvalue weighted by atomic mass is 10.2. The molecule has 1 fully saturated rings. The number of carbonyl (C=O) groups excluding carboxylic acids is 1. The van der Waals surface area contributed by atoms with Gasteiger partial charge >= 0.3 is 0 Å². The highest BCUT2D eigenvalue weighted by Crippen LogP contribution is 2.35. The first kappa shape index (κ1) is 11.2. The van der Waals surface area contributed by atoms with Crippen LogP contribution in [-0.4, -0.2) is 23.9 Å². The van der Waals surface area contributed by atoms with Gasteiger partial charge in [0.05, 0.1) is 0 Å². The smallest absolute Gasteiger partial charge is 0.289 e. The van der Waals surface area contributed by atoms with Crippen LogP contribution in [0.15, 0.2) is 16.5 Å². The molecule has 3 heteroatoms. The lowest BCUT2D eigenvalue weighted by Crippen LogP contribution is -2.36. The highest BCUT2D eigenvalue weighted by Gasteiger charge is 2.33. The lowest BCUT2D eigenvalue weighted by Gasteiger charge is -2.23. The molecule has 0 spiro atoms. The summed E-state index contributed by atoms with van der Waals surface area (Å²) in [4.78, 5) is 13.9. The van der Waals surface area contributed by atoms with Crippen LogP contribution >= 0.6 is 0 Å². The predicted molar refractivity (Wildman–Crippen MR) is 62.4 cm³/mol. The Labute approximate surface area is 96.4 Å². The first-order valence-electron chi connectivity index (χ1n) is 5.99. The van der Waals surface area contributed by atoms with E-state index in [1.807, 2.05) is 20.0 Å². The van der Waals surface area contributed by atoms with E-state index >= 15 is 0 Å². The molecule has 0 radical (unpaired) electrons. The van der Waals surface area contributed by atoms with Crippen molar-refractivity contribution in [3.8, 4) is 0 Å². The molecule has 0 aliphatic heterocycles. The molecule has 1 aromatic heterocycles. The summed E-state index contributed by atoms with van der Waals surface area (Å²) in [5, 5.41) is 0. The van der Waals surface area contributed by atoms with Crippen molar-refractivity contribution in [3.05, 3.63) is 23.7 Å². The molecule has 1 aliphatic rings. The highest BCUT2D eigenvalue weighted by molar-refractivity contribution is 5.91. The molecule has 1 aliphatic carbocycles. The molecule has 1 atom stereocenters. The summed E-state index contributed by atoms with van der Waals surface area (Å²) in [6, 6.07) is 3.97. The molecule has 0 N–H and O–H groups in total. The maximum atomic E-state index is 12.1. The summed E-state index contributed by atoms with van der Waals surface area (Å²) in [6.07, 6.45) is 3.32. The van der Waals surface area contributed by atoms with E-state index in [0.717, 1.165) is 12.2 Å². The van der Waals surface area contributed by atoms with Crippen molar-refractivity contribution in [3.63, 3.8) is 0 Å². The second-order valence-electron chi connectivity index (χ2n) is 4.61. The summed E-state index contributed by atoms with van der Waals surface area (Å²) in [5.74, 6) is 2.02. The predicted octanol–water partition coefficient (Wildman–Crippen LogP) is 2.71. The van der Waals surface area contributed by atoms with E-state index in [1.165, 1.54) is 12.8 Å². The Morgan fingerprint density at radius 3 is 2.75 bits per heavy atom. The molecule has 1 saturated carbocycles. The zero-order valence-corrected chi connectivity index (χ0v) is 10.2. The van der Waals surface area contributed by atoms with Crippen LogP contribution in [0, 0.1) is 5.92 Å². The third-order valence-electron chi connectivity index (χ3n) is 3.46. The summed E-state index contributed by atoms with van der Waals surface area (Å²) in [5.41, 5.74) is 0. The molecule has 1 unspecified atom stereocenters. The second-order valence-corrected chi connectivity index (χ2v) is 4.61. The van der Waals surface area contributed by atoms with Crippen LogP contribution in [-0.2, 0) is 6.42 Å². The first-order valence-corrected chi connectivity index (χ1v) is 5.99. The Balaban J connectivity index is 2.05. The number of furan rings is 1. The van der Waals surface area contributed by atoms with E-state index in [4.69, 9.17) is 4.42 Å². The number of carbonyl (C=O) groups is 1. The van der Waals surface area contributed by atoms with E-state index < -0.39 is 0 Å². The molecule has 0 aromatic carbocycles. The van der Waals surface area contributed by atoms with Gasteiger partial charge in [-0.2, -0.15) is 0 Å². The molecule has 0 saturated heterocycles. The molecule has 2 rings (SSSR count). The van der Waals surface area contributed by atoms with Crippen molar-refractivity contribution >= 4 is 5.91 Å². The van der Waals surface area contributed by atoms with Gasteiger partial charge in [0.2, 0.25) is 0 Å². The van der Waals surface area contributed by atoms with Crippen LogP contribution in [0.2, 0.25) is 0 Å². The van der Waals surface area contributed by atoms with Gasteiger partial charge in [-0.3, -0.25) is 4.79 Å². The zero-order valence-electron chi connectivity index (χ0n) is 10.2. The van der Waals surface area contributed by atoms with Gasteiger partial charge in [0, 0.05) is 19.5 Å². The number of hydrogen-bond donors (Lipinski definition) is 0. The second kappa shape index (κ2) is 4.32. The Bertz CT molecular complexity index is 379. The van der Waals surface area contributed by atoms with Crippen LogP contribution in [0.5, 0.6) is 0 Å². The standard InChI is InChI=1S/C13H19NO2/c1-4-11-7-8-12(16-11)13(15)14(3)9(2)10-5-6-10/h7-10H,4-6H2,1-3H3. The van der Waals surface area contributed by atoms with Crippen LogP contribution in [0.1, 0.15) is 43.0 Å². The van der Waals surface area contributed by atoms with Crippen LogP contribution in [0.4, 0.5) is 0 Å². The van der Waals surface area contributed by atoms with E-state index in [2.05, 4.69) is 6.92 Å². The van der Waals surface area contributed by atoms with Gasteiger partial charge in [0.1, 0.15) is 5.76 Å². The summed E-state index contributed by atoms with van der Waals surface area (Å²) < 4.78 is 5.47. The number of rotatable bonds is 4. The van der Waals surface area contributed by atoms with Crippen molar-refractivity contribution < 1.29 is 9.21 Å². The van der Waals surface area contributed by atoms with Gasteiger partial charge in [-0.05, 0) is 37.8 Å². The molecule has 16 heavy (non-hydrogen) atoms. The summed E-state index contributed by atoms with van der Waals surface area (Å²) in [6.45, 7) is 4.13. The topological polar surface area (TPSA) is 33.5 Å². The van der Waals surface area contributed by atoms with E-state index in [9.17, 15) is 4.79 Å². The van der Waals surface area contributed by atoms with E-state index in [0.29, 0.717) is 17.7 Å². The molecular weight excluding hydrogens is 202 g/mol. The van der Waals surface area contributed by atoms with Gasteiger partial charge in [0.25, 0.3) is 5.91 Å². The molecule has 0 bridgehead atoms. The van der Waals surface area contributed by atoms with E-state index in [1.54, 1.807) is 11.0 Å². The van der Waals surface area contributed by atoms with E-state index in [-0.39, 0.29) is 5.91 Å². The van der Waals surface area contributed by atoms with Gasteiger partial charge < -0.3 is 9.32 Å². The zero-order chi connectivity index (χ0) is 11.7. The monoisotopic (exact) mass is 221 g/mol. The summed E-state index contributed by atoms with van der Waals surface area (Å²) in [7, 11) is 1.86. The fraction of sp³-hybridized carbons (Fsp3) is 0.615. The molecule has 3 nitrogen and oxygen atoms in total. The minimum absolute atomic E-state index is 0.000833. The quantitative estimate of drug-likeness (QED) is 0.783. The molecular formula is C13H19NO2. The van der Waals surface area contributed by atoms with Crippen molar-refractivity contribution in [2.75, 3.05) is 7.05 Å². The van der Waals surface area contributed by atoms with Crippen LogP contribution in [0.3, 0.4) is 0 Å². The summed E-state index contributed by atoms with van der Waals surface area (Å²) >= 11 is 0. The lowest BCUT2D eigenvalue weighted by molar-refractivity contribution is 0.0693. The Kier molecular flexibility index (Phi) is 3.03. The fourth-order valence-electron chi connectivity index (χ4n) is 1.94. The van der Waals surface area contributed by atoms with Crippen LogP contribution in [0.25, 0.3) is 0 Å². The maximum Gasteiger partial charge on any atom is 0.289 e.